The number of halogens is 1. The number of pyridine rings is 1. The first-order chi connectivity index (χ1) is 14.6. The fraction of sp³-hybridized carbons (Fsp3) is 0.750. The van der Waals surface area contributed by atoms with Gasteiger partial charge in [-0.2, -0.15) is 0 Å². The van der Waals surface area contributed by atoms with Gasteiger partial charge in [-0.25, -0.2) is 4.79 Å². The van der Waals surface area contributed by atoms with Crippen molar-refractivity contribution in [1.82, 2.24) is 4.98 Å². The molecule has 0 bridgehead atoms. The van der Waals surface area contributed by atoms with Crippen LogP contribution in [0.15, 0.2) is 17.1 Å². The first-order valence-corrected chi connectivity index (χ1v) is 17.4. The van der Waals surface area contributed by atoms with Crippen LogP contribution in [0.5, 0.6) is 0 Å². The minimum atomic E-state index is -1.28. The van der Waals surface area contributed by atoms with Crippen LogP contribution in [0.1, 0.15) is 107 Å². The van der Waals surface area contributed by atoms with Crippen molar-refractivity contribution in [2.75, 3.05) is 0 Å². The minimum absolute atomic E-state index is 0.196. The summed E-state index contributed by atoms with van der Waals surface area (Å²) in [7, 11) is 0. The number of carboxylic acids is 1. The van der Waals surface area contributed by atoms with Gasteiger partial charge in [-0.3, -0.25) is 4.79 Å². The maximum absolute atomic E-state index is 10.7. The van der Waals surface area contributed by atoms with Crippen molar-refractivity contribution in [2.45, 2.75) is 108 Å². The van der Waals surface area contributed by atoms with E-state index in [1.165, 1.54) is 18.0 Å². The first kappa shape index (κ1) is 24.2. The van der Waals surface area contributed by atoms with Gasteiger partial charge in [-0.1, -0.05) is 11.6 Å². The van der Waals surface area contributed by atoms with E-state index in [0.717, 1.165) is 6.07 Å². The molecule has 3 saturated carbocycles. The molecule has 6 heteroatoms. The van der Waals surface area contributed by atoms with Crippen molar-refractivity contribution in [3.8, 4) is 0 Å². The van der Waals surface area contributed by atoms with Gasteiger partial charge in [0.2, 0.25) is 0 Å². The SMILES string of the molecule is C1CC[CH]([Sn]([CH]2CCCCC2)[CH]2CCCCC2)CC1.O=C(O)c1cc(Cl)c[nH]c1=O. The first-order valence-electron chi connectivity index (χ1n) is 12.0. The second-order valence-electron chi connectivity index (χ2n) is 9.37. The fourth-order valence-corrected chi connectivity index (χ4v) is 21.0. The summed E-state index contributed by atoms with van der Waals surface area (Å²) in [5.41, 5.74) is -1.00. The molecule has 30 heavy (non-hydrogen) atoms. The van der Waals surface area contributed by atoms with Gasteiger partial charge >= 0.3 is 134 Å². The Morgan fingerprint density at radius 2 is 1.23 bits per heavy atom. The van der Waals surface area contributed by atoms with Gasteiger partial charge < -0.3 is 10.1 Å². The van der Waals surface area contributed by atoms with E-state index < -0.39 is 31.3 Å². The number of hydrogen-bond acceptors (Lipinski definition) is 2. The Bertz CT molecular complexity index is 677. The molecule has 1 heterocycles. The molecule has 0 saturated heterocycles. The molecular formula is C24H37ClNO3Sn. The van der Waals surface area contributed by atoms with E-state index in [1.54, 1.807) is 96.3 Å². The second-order valence-corrected chi connectivity index (χ2v) is 19.7. The monoisotopic (exact) mass is 542 g/mol. The Labute approximate surface area is 192 Å². The molecule has 3 aliphatic carbocycles. The van der Waals surface area contributed by atoms with Gasteiger partial charge in [0.15, 0.2) is 0 Å². The predicted molar refractivity (Wildman–Crippen MR) is 125 cm³/mol. The molecule has 0 spiro atoms. The van der Waals surface area contributed by atoms with E-state index in [9.17, 15) is 9.59 Å². The van der Waals surface area contributed by atoms with Crippen molar-refractivity contribution in [2.24, 2.45) is 0 Å². The quantitative estimate of drug-likeness (QED) is 0.396. The summed E-state index contributed by atoms with van der Waals surface area (Å²) in [5.74, 6) is -1.28. The van der Waals surface area contributed by atoms with Gasteiger partial charge in [0.1, 0.15) is 5.56 Å². The maximum Gasteiger partial charge on any atom is 0.341 e. The molecule has 4 rings (SSSR count). The molecule has 4 nitrogen and oxygen atoms in total. The molecule has 3 aliphatic rings. The number of carbonyl (C=O) groups is 1. The van der Waals surface area contributed by atoms with Crippen molar-refractivity contribution in [3.63, 3.8) is 0 Å². The average Bonchev–Trinajstić information content (AvgIpc) is 2.78. The third-order valence-electron chi connectivity index (χ3n) is 7.33. The van der Waals surface area contributed by atoms with Crippen LogP contribution in [0.3, 0.4) is 0 Å². The number of aromatic carboxylic acids is 1. The van der Waals surface area contributed by atoms with Crippen molar-refractivity contribution < 1.29 is 9.90 Å². The van der Waals surface area contributed by atoms with Crippen molar-refractivity contribution >= 4 is 37.3 Å². The summed E-state index contributed by atoms with van der Waals surface area (Å²) in [6, 6.07) is 1.10. The van der Waals surface area contributed by atoms with Gasteiger partial charge in [-0.05, 0) is 6.07 Å². The third-order valence-corrected chi connectivity index (χ3v) is 20.6. The molecule has 0 atom stereocenters. The van der Waals surface area contributed by atoms with Gasteiger partial charge in [0.25, 0.3) is 5.56 Å². The van der Waals surface area contributed by atoms with E-state index in [0.29, 0.717) is 0 Å². The van der Waals surface area contributed by atoms with Gasteiger partial charge in [0.05, 0.1) is 5.02 Å². The summed E-state index contributed by atoms with van der Waals surface area (Å²) in [6.45, 7) is 0. The Hall–Kier alpha value is -0.491. The third kappa shape index (κ3) is 7.01. The van der Waals surface area contributed by atoms with Crippen molar-refractivity contribution in [1.29, 1.82) is 0 Å². The van der Waals surface area contributed by atoms with E-state index in [-0.39, 0.29) is 10.6 Å². The van der Waals surface area contributed by atoms with Gasteiger partial charge in [-0.15, -0.1) is 0 Å². The van der Waals surface area contributed by atoms with Crippen LogP contribution in [-0.4, -0.2) is 35.8 Å². The second kappa shape index (κ2) is 12.5. The summed E-state index contributed by atoms with van der Waals surface area (Å²) in [5, 5.41) is 8.61. The van der Waals surface area contributed by atoms with E-state index in [2.05, 4.69) is 4.98 Å². The van der Waals surface area contributed by atoms with Crippen LogP contribution in [0.4, 0.5) is 0 Å². The Balaban J connectivity index is 0.000000199. The molecule has 0 aliphatic heterocycles. The number of hydrogen-bond donors (Lipinski definition) is 2. The molecule has 2 N–H and O–H groups in total. The summed E-state index contributed by atoms with van der Waals surface area (Å²) < 4.78 is 3.96. The standard InChI is InChI=1S/C6H4ClNO3.3C6H11.Sn/c7-3-1-4(6(10)11)5(9)8-2-3;3*1-2-4-6-5-3-1;/h1-2H,(H,8,9)(H,10,11);3*1H,2-6H2;. The molecule has 0 amide bonds. The zero-order valence-electron chi connectivity index (χ0n) is 18.1. The molecule has 0 unspecified atom stereocenters. The molecule has 167 valence electrons. The summed E-state index contributed by atoms with van der Waals surface area (Å²) >= 11 is 4.28. The van der Waals surface area contributed by atoms with E-state index >= 15 is 0 Å². The molecule has 1 radical (unpaired) electrons. The molecule has 1 aromatic heterocycles. The molecular weight excluding hydrogens is 504 g/mol. The average molecular weight is 542 g/mol. The number of H-pyrrole nitrogens is 1. The van der Waals surface area contributed by atoms with Crippen molar-refractivity contribution in [3.05, 3.63) is 33.2 Å². The minimum Gasteiger partial charge on any atom is -0.477 e. The predicted octanol–water partition coefficient (Wildman–Crippen LogP) is 7.21. The summed E-state index contributed by atoms with van der Waals surface area (Å²) in [4.78, 5) is 23.2. The zero-order chi connectivity index (χ0) is 21.3. The Morgan fingerprint density at radius 3 is 1.57 bits per heavy atom. The van der Waals surface area contributed by atoms with E-state index in [1.807, 2.05) is 0 Å². The largest absolute Gasteiger partial charge is 0.477 e. The Kier molecular flexibility index (Phi) is 10.1. The van der Waals surface area contributed by atoms with Crippen LogP contribution < -0.4 is 5.56 Å². The molecule has 0 aromatic carbocycles. The van der Waals surface area contributed by atoms with E-state index in [4.69, 9.17) is 16.7 Å². The van der Waals surface area contributed by atoms with Gasteiger partial charge in [0, 0.05) is 6.20 Å². The fourth-order valence-electron chi connectivity index (χ4n) is 5.92. The van der Waals surface area contributed by atoms with Crippen LogP contribution in [0.2, 0.25) is 16.8 Å². The smallest absolute Gasteiger partial charge is 0.341 e. The van der Waals surface area contributed by atoms with Crippen LogP contribution in [0, 0.1) is 0 Å². The maximum atomic E-state index is 10.7. The molecule has 3 fully saturated rings. The Morgan fingerprint density at radius 1 is 0.833 bits per heavy atom. The summed E-state index contributed by atoms with van der Waals surface area (Å²) in [6.07, 6.45) is 25.5. The normalized spacial score (nSPS) is 21.8. The molecule has 1 aromatic rings. The topological polar surface area (TPSA) is 70.2 Å². The number of carboxylic acid groups (broad SMARTS) is 1. The number of nitrogens with one attached hydrogen (secondary N) is 1. The van der Waals surface area contributed by atoms with Crippen LogP contribution in [0.25, 0.3) is 0 Å². The number of rotatable bonds is 4. The number of aromatic amines is 1. The van der Waals surface area contributed by atoms with Crippen LogP contribution >= 0.6 is 11.6 Å². The number of aromatic nitrogens is 1. The van der Waals surface area contributed by atoms with Crippen LogP contribution in [-0.2, 0) is 0 Å². The zero-order valence-corrected chi connectivity index (χ0v) is 21.7.